The van der Waals surface area contributed by atoms with E-state index >= 15 is 0 Å². The fourth-order valence-corrected chi connectivity index (χ4v) is 3.09. The van der Waals surface area contributed by atoms with Crippen molar-refractivity contribution in [3.05, 3.63) is 35.4 Å². The highest BCUT2D eigenvalue weighted by Crippen LogP contribution is 2.15. The van der Waals surface area contributed by atoms with E-state index in [1.807, 2.05) is 12.1 Å². The second-order valence-electron chi connectivity index (χ2n) is 7.16. The Bertz CT molecular complexity index is 569. The van der Waals surface area contributed by atoms with Gasteiger partial charge in [0.25, 0.3) is 0 Å². The van der Waals surface area contributed by atoms with Gasteiger partial charge in [-0.05, 0) is 31.9 Å². The first-order valence-electron chi connectivity index (χ1n) is 9.47. The number of methoxy groups -OCH3 is 1. The van der Waals surface area contributed by atoms with E-state index in [1.165, 1.54) is 11.1 Å². The third-order valence-electron chi connectivity index (χ3n) is 4.73. The Kier molecular flexibility index (Phi) is 8.35. The Morgan fingerprint density at radius 3 is 2.54 bits per heavy atom. The topological polar surface area (TPSA) is 58.1 Å². The molecule has 2 rings (SSSR count). The summed E-state index contributed by atoms with van der Waals surface area (Å²) in [5, 5.41) is 6.85. The number of morpholine rings is 1. The van der Waals surface area contributed by atoms with E-state index in [-0.39, 0.29) is 5.54 Å². The summed E-state index contributed by atoms with van der Waals surface area (Å²) in [6.45, 7) is 13.1. The fraction of sp³-hybridized carbons (Fsp3) is 0.650. The average Bonchev–Trinajstić information content (AvgIpc) is 2.66. The maximum atomic E-state index is 5.47. The molecule has 0 amide bonds. The van der Waals surface area contributed by atoms with Gasteiger partial charge >= 0.3 is 0 Å². The number of rotatable bonds is 8. The molecule has 0 unspecified atom stereocenters. The van der Waals surface area contributed by atoms with Crippen LogP contribution in [0.15, 0.2) is 29.3 Å². The first-order valence-corrected chi connectivity index (χ1v) is 9.47. The number of nitrogens with zero attached hydrogens (tertiary/aromatic N) is 2. The Balaban J connectivity index is 1.98. The second-order valence-corrected chi connectivity index (χ2v) is 7.16. The maximum absolute atomic E-state index is 5.47. The molecule has 1 heterocycles. The Hall–Kier alpha value is -1.63. The van der Waals surface area contributed by atoms with Crippen LogP contribution < -0.4 is 10.6 Å². The van der Waals surface area contributed by atoms with Gasteiger partial charge in [-0.1, -0.05) is 24.3 Å². The normalized spacial score (nSPS) is 16.5. The Labute approximate surface area is 158 Å². The minimum atomic E-state index is 0.0495. The third-order valence-corrected chi connectivity index (χ3v) is 4.73. The first-order chi connectivity index (χ1) is 12.6. The summed E-state index contributed by atoms with van der Waals surface area (Å²) >= 11 is 0. The van der Waals surface area contributed by atoms with Crippen LogP contribution in [0.25, 0.3) is 0 Å². The van der Waals surface area contributed by atoms with Crippen molar-refractivity contribution in [2.45, 2.75) is 39.5 Å². The zero-order valence-corrected chi connectivity index (χ0v) is 16.7. The van der Waals surface area contributed by atoms with Crippen LogP contribution >= 0.6 is 0 Å². The van der Waals surface area contributed by atoms with E-state index in [4.69, 9.17) is 14.5 Å². The predicted octanol–water partition coefficient (Wildman–Crippen LogP) is 2.00. The highest BCUT2D eigenvalue weighted by Gasteiger charge is 2.28. The van der Waals surface area contributed by atoms with Gasteiger partial charge in [0.1, 0.15) is 0 Å². The molecule has 0 atom stereocenters. The fourth-order valence-electron chi connectivity index (χ4n) is 3.09. The molecule has 2 N–H and O–H groups in total. The molecule has 0 aromatic heterocycles. The van der Waals surface area contributed by atoms with Gasteiger partial charge in [-0.15, -0.1) is 0 Å². The Morgan fingerprint density at radius 2 is 1.88 bits per heavy atom. The quantitative estimate of drug-likeness (QED) is 0.547. The van der Waals surface area contributed by atoms with Crippen LogP contribution in [0.4, 0.5) is 0 Å². The average molecular weight is 363 g/mol. The first kappa shape index (κ1) is 20.7. The predicted molar refractivity (Wildman–Crippen MR) is 106 cm³/mol. The lowest BCUT2D eigenvalue weighted by Gasteiger charge is -2.41. The summed E-state index contributed by atoms with van der Waals surface area (Å²) in [6.07, 6.45) is 0. The van der Waals surface area contributed by atoms with Crippen LogP contribution in [-0.4, -0.2) is 62.9 Å². The summed E-state index contributed by atoms with van der Waals surface area (Å²) in [5.74, 6) is 0.848. The van der Waals surface area contributed by atoms with Gasteiger partial charge in [0.2, 0.25) is 0 Å². The van der Waals surface area contributed by atoms with Gasteiger partial charge in [0, 0.05) is 38.8 Å². The van der Waals surface area contributed by atoms with Crippen molar-refractivity contribution in [2.24, 2.45) is 4.99 Å². The molecule has 6 nitrogen and oxygen atoms in total. The summed E-state index contributed by atoms with van der Waals surface area (Å²) < 4.78 is 10.8. The molecule has 1 aromatic carbocycles. The van der Waals surface area contributed by atoms with Crippen LogP contribution in [-0.2, 0) is 22.6 Å². The maximum Gasteiger partial charge on any atom is 0.191 e. The molecular weight excluding hydrogens is 328 g/mol. The van der Waals surface area contributed by atoms with Crippen molar-refractivity contribution in [3.63, 3.8) is 0 Å². The molecule has 6 heteroatoms. The molecule has 1 aliphatic heterocycles. The minimum absolute atomic E-state index is 0.0495. The standard InChI is InChI=1S/C20H34N4O2/c1-5-21-19(22-14-17-8-6-7-9-18(17)15-25-4)23-16-20(2,3)24-10-12-26-13-11-24/h6-9H,5,10-16H2,1-4H3,(H2,21,22,23). The number of guanidine groups is 1. The molecule has 146 valence electrons. The number of hydrogen-bond acceptors (Lipinski definition) is 4. The lowest BCUT2D eigenvalue weighted by Crippen LogP contribution is -2.56. The molecule has 0 aliphatic carbocycles. The molecule has 0 bridgehead atoms. The van der Waals surface area contributed by atoms with Crippen molar-refractivity contribution in [2.75, 3.05) is 46.5 Å². The summed E-state index contributed by atoms with van der Waals surface area (Å²) in [7, 11) is 1.72. The Morgan fingerprint density at radius 1 is 1.19 bits per heavy atom. The highest BCUT2D eigenvalue weighted by atomic mass is 16.5. The number of aliphatic imine (C=N–C) groups is 1. The van der Waals surface area contributed by atoms with Gasteiger partial charge < -0.3 is 20.1 Å². The number of hydrogen-bond donors (Lipinski definition) is 2. The smallest absolute Gasteiger partial charge is 0.191 e. The van der Waals surface area contributed by atoms with E-state index < -0.39 is 0 Å². The van der Waals surface area contributed by atoms with Crippen molar-refractivity contribution in [3.8, 4) is 0 Å². The molecule has 1 fully saturated rings. The van der Waals surface area contributed by atoms with Crippen molar-refractivity contribution in [1.82, 2.24) is 15.5 Å². The van der Waals surface area contributed by atoms with Crippen LogP contribution in [0.2, 0.25) is 0 Å². The van der Waals surface area contributed by atoms with E-state index in [0.29, 0.717) is 13.2 Å². The summed E-state index contributed by atoms with van der Waals surface area (Å²) in [6, 6.07) is 8.29. The van der Waals surface area contributed by atoms with Crippen molar-refractivity contribution >= 4 is 5.96 Å². The van der Waals surface area contributed by atoms with Crippen LogP contribution in [0.5, 0.6) is 0 Å². The summed E-state index contributed by atoms with van der Waals surface area (Å²) in [5.41, 5.74) is 2.43. The van der Waals surface area contributed by atoms with Gasteiger partial charge in [0.05, 0.1) is 26.4 Å². The molecular formula is C20H34N4O2. The van der Waals surface area contributed by atoms with Gasteiger partial charge in [-0.3, -0.25) is 4.90 Å². The number of nitrogens with one attached hydrogen (secondary N) is 2. The number of benzene rings is 1. The van der Waals surface area contributed by atoms with Crippen molar-refractivity contribution in [1.29, 1.82) is 0 Å². The van der Waals surface area contributed by atoms with E-state index in [0.717, 1.165) is 45.4 Å². The zero-order chi connectivity index (χ0) is 18.8. The van der Waals surface area contributed by atoms with Gasteiger partial charge in [-0.2, -0.15) is 0 Å². The third kappa shape index (κ3) is 6.27. The van der Waals surface area contributed by atoms with Crippen LogP contribution in [0.3, 0.4) is 0 Å². The number of ether oxygens (including phenoxy) is 2. The van der Waals surface area contributed by atoms with Crippen LogP contribution in [0.1, 0.15) is 31.9 Å². The van der Waals surface area contributed by atoms with Gasteiger partial charge in [-0.25, -0.2) is 4.99 Å². The van der Waals surface area contributed by atoms with E-state index in [1.54, 1.807) is 7.11 Å². The molecule has 0 saturated carbocycles. The largest absolute Gasteiger partial charge is 0.380 e. The highest BCUT2D eigenvalue weighted by molar-refractivity contribution is 5.79. The van der Waals surface area contributed by atoms with Gasteiger partial charge in [0.15, 0.2) is 5.96 Å². The molecule has 0 spiro atoms. The zero-order valence-electron chi connectivity index (χ0n) is 16.7. The van der Waals surface area contributed by atoms with E-state index in [9.17, 15) is 0 Å². The second kappa shape index (κ2) is 10.5. The molecule has 1 aromatic rings. The lowest BCUT2D eigenvalue weighted by molar-refractivity contribution is -0.00834. The molecule has 1 aliphatic rings. The SMILES string of the molecule is CCNC(=NCc1ccccc1COC)NCC(C)(C)N1CCOCC1. The lowest BCUT2D eigenvalue weighted by atomic mass is 10.0. The van der Waals surface area contributed by atoms with Crippen molar-refractivity contribution < 1.29 is 9.47 Å². The minimum Gasteiger partial charge on any atom is -0.380 e. The molecule has 1 saturated heterocycles. The monoisotopic (exact) mass is 362 g/mol. The summed E-state index contributed by atoms with van der Waals surface area (Å²) in [4.78, 5) is 7.24. The molecule has 26 heavy (non-hydrogen) atoms. The van der Waals surface area contributed by atoms with E-state index in [2.05, 4.69) is 48.4 Å². The molecule has 0 radical (unpaired) electrons. The van der Waals surface area contributed by atoms with Crippen LogP contribution in [0, 0.1) is 0 Å².